The summed E-state index contributed by atoms with van der Waals surface area (Å²) in [6.07, 6.45) is 4.79. The Balaban J connectivity index is 0. The Bertz CT molecular complexity index is 51.0. The van der Waals surface area contributed by atoms with Crippen LogP contribution in [0.25, 0.3) is 0 Å². The van der Waals surface area contributed by atoms with Crippen LogP contribution in [0, 0.1) is 0 Å². The molecule has 0 fully saturated rings. The fraction of sp³-hybridized carbons (Fsp3) is 1.00. The molecule has 4 nitrogen and oxygen atoms in total. The van der Waals surface area contributed by atoms with Crippen LogP contribution in [0.1, 0.15) is 25.7 Å². The molecule has 0 bridgehead atoms. The van der Waals surface area contributed by atoms with Crippen molar-refractivity contribution >= 4 is 0 Å². The fourth-order valence-electron chi connectivity index (χ4n) is 0.642. The normalized spacial score (nSPS) is 9.00. The van der Waals surface area contributed by atoms with E-state index in [1.165, 1.54) is 12.8 Å². The molecule has 0 aromatic heterocycles. The van der Waals surface area contributed by atoms with Gasteiger partial charge in [-0.2, -0.15) is 0 Å². The topological polar surface area (TPSA) is 104 Å². The van der Waals surface area contributed by atoms with Crippen LogP contribution in [-0.2, 0) is 0 Å². The van der Waals surface area contributed by atoms with Crippen molar-refractivity contribution in [2.45, 2.75) is 25.7 Å². The number of hydrogen-bond acceptors (Lipinski definition) is 4. The van der Waals surface area contributed by atoms with E-state index in [4.69, 9.17) is 22.9 Å². The lowest BCUT2D eigenvalue weighted by molar-refractivity contribution is 0.653. The maximum Gasteiger partial charge on any atom is 0.00461 e. The zero-order valence-corrected chi connectivity index (χ0v) is 7.97. The standard InChI is InChI=1S/C6H16N2.C2H8N2/c7-5-3-1-2-4-6-8;3-1-2-4/h1-8H2;1-4H2. The first-order chi connectivity index (χ1) is 5.83. The van der Waals surface area contributed by atoms with Crippen molar-refractivity contribution in [3.8, 4) is 0 Å². The van der Waals surface area contributed by atoms with E-state index >= 15 is 0 Å². The predicted molar refractivity (Wildman–Crippen MR) is 54.7 cm³/mol. The van der Waals surface area contributed by atoms with Gasteiger partial charge in [0.1, 0.15) is 0 Å². The largest absolute Gasteiger partial charge is 0.330 e. The summed E-state index contributed by atoms with van der Waals surface area (Å²) in [4.78, 5) is 0. The first kappa shape index (κ1) is 14.4. The van der Waals surface area contributed by atoms with Gasteiger partial charge in [-0.05, 0) is 25.9 Å². The molecular formula is C8H24N4. The van der Waals surface area contributed by atoms with Gasteiger partial charge in [0, 0.05) is 13.1 Å². The van der Waals surface area contributed by atoms with E-state index in [9.17, 15) is 0 Å². The van der Waals surface area contributed by atoms with Crippen LogP contribution in [0.3, 0.4) is 0 Å². The highest BCUT2D eigenvalue weighted by Crippen LogP contribution is 1.95. The van der Waals surface area contributed by atoms with E-state index in [1.807, 2.05) is 0 Å². The summed E-state index contributed by atoms with van der Waals surface area (Å²) in [5.74, 6) is 0. The Morgan fingerprint density at radius 1 is 0.417 bits per heavy atom. The number of rotatable bonds is 6. The lowest BCUT2D eigenvalue weighted by Crippen LogP contribution is -2.11. The molecule has 0 spiro atoms. The lowest BCUT2D eigenvalue weighted by atomic mass is 10.2. The maximum atomic E-state index is 5.28. The molecule has 12 heavy (non-hydrogen) atoms. The highest BCUT2D eigenvalue weighted by atomic mass is 14.6. The van der Waals surface area contributed by atoms with Gasteiger partial charge >= 0.3 is 0 Å². The summed E-state index contributed by atoms with van der Waals surface area (Å²) in [6.45, 7) is 2.84. The van der Waals surface area contributed by atoms with Crippen molar-refractivity contribution in [1.29, 1.82) is 0 Å². The minimum atomic E-state index is 0.597. The Morgan fingerprint density at radius 2 is 0.750 bits per heavy atom. The monoisotopic (exact) mass is 176 g/mol. The number of unbranched alkanes of at least 4 members (excludes halogenated alkanes) is 3. The van der Waals surface area contributed by atoms with E-state index in [0.29, 0.717) is 13.1 Å². The zero-order valence-electron chi connectivity index (χ0n) is 7.97. The Kier molecular flexibility index (Phi) is 20.4. The van der Waals surface area contributed by atoms with E-state index in [-0.39, 0.29) is 0 Å². The molecule has 0 aliphatic rings. The van der Waals surface area contributed by atoms with E-state index in [1.54, 1.807) is 0 Å². The molecule has 0 heterocycles. The third-order valence-electron chi connectivity index (χ3n) is 1.32. The van der Waals surface area contributed by atoms with Gasteiger partial charge in [-0.25, -0.2) is 0 Å². The van der Waals surface area contributed by atoms with Crippen molar-refractivity contribution in [1.82, 2.24) is 0 Å². The number of hydrogen-bond donors (Lipinski definition) is 4. The molecule has 76 valence electrons. The van der Waals surface area contributed by atoms with Crippen LogP contribution >= 0.6 is 0 Å². The molecule has 0 aliphatic heterocycles. The van der Waals surface area contributed by atoms with Gasteiger partial charge in [0.2, 0.25) is 0 Å². The van der Waals surface area contributed by atoms with Crippen LogP contribution in [0.15, 0.2) is 0 Å². The van der Waals surface area contributed by atoms with Gasteiger partial charge in [0.15, 0.2) is 0 Å². The highest BCUT2D eigenvalue weighted by molar-refractivity contribution is 4.43. The second-order valence-corrected chi connectivity index (χ2v) is 2.57. The molecule has 0 unspecified atom stereocenters. The molecular weight excluding hydrogens is 152 g/mol. The van der Waals surface area contributed by atoms with Gasteiger partial charge < -0.3 is 22.9 Å². The first-order valence-electron chi connectivity index (χ1n) is 4.63. The van der Waals surface area contributed by atoms with Crippen LogP contribution in [0.5, 0.6) is 0 Å². The van der Waals surface area contributed by atoms with Crippen LogP contribution < -0.4 is 22.9 Å². The molecule has 0 saturated heterocycles. The first-order valence-corrected chi connectivity index (χ1v) is 4.63. The van der Waals surface area contributed by atoms with Crippen molar-refractivity contribution < 1.29 is 0 Å². The molecule has 0 saturated carbocycles. The average molecular weight is 176 g/mol. The Hall–Kier alpha value is -0.160. The van der Waals surface area contributed by atoms with E-state index in [2.05, 4.69) is 0 Å². The maximum absolute atomic E-state index is 5.28. The molecule has 0 radical (unpaired) electrons. The summed E-state index contributed by atoms with van der Waals surface area (Å²) >= 11 is 0. The molecule has 0 aromatic rings. The Labute approximate surface area is 75.7 Å². The molecule has 4 heteroatoms. The minimum absolute atomic E-state index is 0.597. The SMILES string of the molecule is NCCCCCCN.NCCN. The van der Waals surface area contributed by atoms with Crippen LogP contribution in [-0.4, -0.2) is 26.2 Å². The minimum Gasteiger partial charge on any atom is -0.330 e. The summed E-state index contributed by atoms with van der Waals surface area (Å²) in [5.41, 5.74) is 20.4. The Morgan fingerprint density at radius 3 is 0.917 bits per heavy atom. The second-order valence-electron chi connectivity index (χ2n) is 2.57. The van der Waals surface area contributed by atoms with Gasteiger partial charge in [-0.15, -0.1) is 0 Å². The molecule has 0 rings (SSSR count). The summed E-state index contributed by atoms with van der Waals surface area (Å²) < 4.78 is 0. The smallest absolute Gasteiger partial charge is 0.00461 e. The quantitative estimate of drug-likeness (QED) is 0.404. The number of nitrogens with two attached hydrogens (primary N) is 4. The third-order valence-corrected chi connectivity index (χ3v) is 1.32. The fourth-order valence-corrected chi connectivity index (χ4v) is 0.642. The van der Waals surface area contributed by atoms with Gasteiger partial charge in [-0.1, -0.05) is 12.8 Å². The van der Waals surface area contributed by atoms with Crippen molar-refractivity contribution in [2.24, 2.45) is 22.9 Å². The summed E-state index contributed by atoms with van der Waals surface area (Å²) in [5, 5.41) is 0. The molecule has 8 N–H and O–H groups in total. The molecule has 0 amide bonds. The lowest BCUT2D eigenvalue weighted by Gasteiger charge is -1.94. The molecule has 0 aliphatic carbocycles. The predicted octanol–water partition coefficient (Wildman–Crippen LogP) is -0.632. The van der Waals surface area contributed by atoms with Gasteiger partial charge in [-0.3, -0.25) is 0 Å². The van der Waals surface area contributed by atoms with Crippen LogP contribution in [0.2, 0.25) is 0 Å². The van der Waals surface area contributed by atoms with Crippen molar-refractivity contribution in [3.63, 3.8) is 0 Å². The zero-order chi connectivity index (χ0) is 9.66. The molecule has 0 atom stereocenters. The van der Waals surface area contributed by atoms with Crippen molar-refractivity contribution in [3.05, 3.63) is 0 Å². The molecule has 0 aromatic carbocycles. The van der Waals surface area contributed by atoms with E-state index in [0.717, 1.165) is 25.9 Å². The summed E-state index contributed by atoms with van der Waals surface area (Å²) in [6, 6.07) is 0. The van der Waals surface area contributed by atoms with Crippen LogP contribution in [0.4, 0.5) is 0 Å². The second kappa shape index (κ2) is 17.1. The summed E-state index contributed by atoms with van der Waals surface area (Å²) in [7, 11) is 0. The van der Waals surface area contributed by atoms with Gasteiger partial charge in [0.25, 0.3) is 0 Å². The van der Waals surface area contributed by atoms with Gasteiger partial charge in [0.05, 0.1) is 0 Å². The van der Waals surface area contributed by atoms with Crippen molar-refractivity contribution in [2.75, 3.05) is 26.2 Å². The highest BCUT2D eigenvalue weighted by Gasteiger charge is 1.83. The van der Waals surface area contributed by atoms with E-state index < -0.39 is 0 Å². The average Bonchev–Trinajstić information content (AvgIpc) is 2.13. The third kappa shape index (κ3) is 22.5.